The van der Waals surface area contributed by atoms with Crippen LogP contribution in [0.3, 0.4) is 0 Å². The summed E-state index contributed by atoms with van der Waals surface area (Å²) in [5.41, 5.74) is 0.392. The Hall–Kier alpha value is -1.23. The molecule has 0 bridgehead atoms. The fourth-order valence-corrected chi connectivity index (χ4v) is 2.04. The molecule has 2 rings (SSSR count). The van der Waals surface area contributed by atoms with Crippen LogP contribution in [0.5, 0.6) is 0 Å². The van der Waals surface area contributed by atoms with Gasteiger partial charge in [-0.2, -0.15) is 13.2 Å². The lowest BCUT2D eigenvalue weighted by molar-refractivity contribution is -0.138. The molecule has 1 aliphatic carbocycles. The highest BCUT2D eigenvalue weighted by atomic mass is 19.4. The molecule has 0 aliphatic heterocycles. The Bertz CT molecular complexity index is 465. The summed E-state index contributed by atoms with van der Waals surface area (Å²) in [6.07, 6.45) is -2.18. The first kappa shape index (κ1) is 15.2. The zero-order valence-electron chi connectivity index (χ0n) is 12.1. The van der Waals surface area contributed by atoms with Gasteiger partial charge in [-0.15, -0.1) is 0 Å². The van der Waals surface area contributed by atoms with Gasteiger partial charge in [-0.3, -0.25) is 0 Å². The van der Waals surface area contributed by atoms with Gasteiger partial charge in [0.15, 0.2) is 0 Å². The fourth-order valence-electron chi connectivity index (χ4n) is 2.04. The lowest BCUT2D eigenvalue weighted by atomic mass is 10.0. The van der Waals surface area contributed by atoms with Gasteiger partial charge in [0.25, 0.3) is 0 Å². The number of alkyl halides is 3. The first-order valence-electron chi connectivity index (χ1n) is 6.95. The van der Waals surface area contributed by atoms with Gasteiger partial charge >= 0.3 is 6.18 Å². The third-order valence-corrected chi connectivity index (χ3v) is 3.74. The van der Waals surface area contributed by atoms with Crippen LogP contribution < -0.4 is 10.2 Å². The zero-order chi connectivity index (χ0) is 14.9. The van der Waals surface area contributed by atoms with Crippen LogP contribution >= 0.6 is 0 Å². The topological polar surface area (TPSA) is 15.3 Å². The van der Waals surface area contributed by atoms with E-state index in [1.807, 2.05) is 25.8 Å². The number of nitrogens with one attached hydrogen (secondary N) is 1. The minimum atomic E-state index is -4.31. The number of hydrogen-bond donors (Lipinski definition) is 1. The van der Waals surface area contributed by atoms with Crippen molar-refractivity contribution in [2.45, 2.75) is 51.5 Å². The third-order valence-electron chi connectivity index (χ3n) is 3.74. The van der Waals surface area contributed by atoms with Crippen molar-refractivity contribution >= 4 is 5.69 Å². The Kier molecular flexibility index (Phi) is 4.28. The molecular weight excluding hydrogens is 265 g/mol. The minimum absolute atomic E-state index is 0.159. The van der Waals surface area contributed by atoms with E-state index in [0.717, 1.165) is 12.8 Å². The van der Waals surface area contributed by atoms with E-state index >= 15 is 0 Å². The summed E-state index contributed by atoms with van der Waals surface area (Å²) in [4.78, 5) is 1.84. The van der Waals surface area contributed by atoms with E-state index in [-0.39, 0.29) is 12.6 Å². The standard InChI is InChI=1S/C15H21F3N2/c1-10(2)20(3)13-7-4-11(9-19-12-5-6-12)14(8-13)15(16,17)18/h4,7-8,10,12,19H,5-6,9H2,1-3H3. The molecule has 0 atom stereocenters. The summed E-state index contributed by atoms with van der Waals surface area (Å²) in [6.45, 7) is 4.19. The van der Waals surface area contributed by atoms with Crippen LogP contribution in [0.25, 0.3) is 0 Å². The Morgan fingerprint density at radius 3 is 2.45 bits per heavy atom. The number of hydrogen-bond acceptors (Lipinski definition) is 2. The molecule has 112 valence electrons. The van der Waals surface area contributed by atoms with E-state index in [4.69, 9.17) is 0 Å². The Balaban J connectivity index is 2.26. The summed E-state index contributed by atoms with van der Waals surface area (Å²) in [6, 6.07) is 5.16. The molecule has 0 aromatic heterocycles. The molecule has 1 aliphatic rings. The molecule has 1 N–H and O–H groups in total. The van der Waals surface area contributed by atoms with Crippen LogP contribution in [-0.4, -0.2) is 19.1 Å². The van der Waals surface area contributed by atoms with Crippen LogP contribution in [0.1, 0.15) is 37.8 Å². The van der Waals surface area contributed by atoms with Gasteiger partial charge in [0.05, 0.1) is 5.56 Å². The summed E-state index contributed by atoms with van der Waals surface area (Å²) in [5, 5.41) is 3.14. The zero-order valence-corrected chi connectivity index (χ0v) is 12.1. The predicted molar refractivity (Wildman–Crippen MR) is 74.8 cm³/mol. The van der Waals surface area contributed by atoms with E-state index < -0.39 is 11.7 Å². The minimum Gasteiger partial charge on any atom is -0.372 e. The smallest absolute Gasteiger partial charge is 0.372 e. The molecule has 0 amide bonds. The first-order valence-corrected chi connectivity index (χ1v) is 6.95. The molecule has 5 heteroatoms. The van der Waals surface area contributed by atoms with Crippen molar-refractivity contribution in [1.82, 2.24) is 5.32 Å². The van der Waals surface area contributed by atoms with Crippen molar-refractivity contribution in [1.29, 1.82) is 0 Å². The lowest BCUT2D eigenvalue weighted by Gasteiger charge is -2.25. The molecule has 0 unspecified atom stereocenters. The van der Waals surface area contributed by atoms with E-state index in [2.05, 4.69) is 5.32 Å². The predicted octanol–water partition coefficient (Wildman–Crippen LogP) is 3.80. The highest BCUT2D eigenvalue weighted by molar-refractivity contribution is 5.52. The van der Waals surface area contributed by atoms with E-state index in [9.17, 15) is 13.2 Å². The lowest BCUT2D eigenvalue weighted by Crippen LogP contribution is -2.26. The van der Waals surface area contributed by atoms with Crippen molar-refractivity contribution in [3.8, 4) is 0 Å². The van der Waals surface area contributed by atoms with Gasteiger partial charge in [0.1, 0.15) is 0 Å². The summed E-state index contributed by atoms with van der Waals surface area (Å²) >= 11 is 0. The van der Waals surface area contributed by atoms with E-state index in [0.29, 0.717) is 17.3 Å². The molecule has 20 heavy (non-hydrogen) atoms. The molecule has 1 aromatic rings. The van der Waals surface area contributed by atoms with Gasteiger partial charge in [0.2, 0.25) is 0 Å². The fraction of sp³-hybridized carbons (Fsp3) is 0.600. The van der Waals surface area contributed by atoms with Crippen molar-refractivity contribution in [3.05, 3.63) is 29.3 Å². The Morgan fingerprint density at radius 1 is 1.30 bits per heavy atom. The SMILES string of the molecule is CC(C)N(C)c1ccc(CNC2CC2)c(C(F)(F)F)c1. The van der Waals surface area contributed by atoms with Crippen molar-refractivity contribution in [2.75, 3.05) is 11.9 Å². The maximum absolute atomic E-state index is 13.2. The van der Waals surface area contributed by atoms with Crippen LogP contribution in [0, 0.1) is 0 Å². The van der Waals surface area contributed by atoms with Crippen molar-refractivity contribution < 1.29 is 13.2 Å². The summed E-state index contributed by atoms with van der Waals surface area (Å²) in [7, 11) is 1.81. The summed E-state index contributed by atoms with van der Waals surface area (Å²) < 4.78 is 39.6. The number of halogens is 3. The molecule has 1 fully saturated rings. The first-order chi connectivity index (χ1) is 9.29. The molecule has 0 saturated heterocycles. The van der Waals surface area contributed by atoms with Gasteiger partial charge in [-0.1, -0.05) is 6.07 Å². The molecule has 1 saturated carbocycles. The highest BCUT2D eigenvalue weighted by Crippen LogP contribution is 2.35. The number of nitrogens with zero attached hydrogens (tertiary/aromatic N) is 1. The molecule has 0 spiro atoms. The largest absolute Gasteiger partial charge is 0.416 e. The van der Waals surface area contributed by atoms with Crippen LogP contribution in [-0.2, 0) is 12.7 Å². The normalized spacial score (nSPS) is 15.8. The van der Waals surface area contributed by atoms with Crippen LogP contribution in [0.2, 0.25) is 0 Å². The molecular formula is C15H21F3N2. The quantitative estimate of drug-likeness (QED) is 0.885. The van der Waals surface area contributed by atoms with Crippen molar-refractivity contribution in [3.63, 3.8) is 0 Å². The molecule has 1 aromatic carbocycles. The maximum atomic E-state index is 13.2. The summed E-state index contributed by atoms with van der Waals surface area (Å²) in [5.74, 6) is 0. The van der Waals surface area contributed by atoms with Gasteiger partial charge in [0, 0.05) is 31.4 Å². The van der Waals surface area contributed by atoms with E-state index in [1.54, 1.807) is 12.1 Å². The maximum Gasteiger partial charge on any atom is 0.416 e. The average molecular weight is 286 g/mol. The number of rotatable bonds is 5. The second-order valence-electron chi connectivity index (χ2n) is 5.70. The number of benzene rings is 1. The molecule has 2 nitrogen and oxygen atoms in total. The Labute approximate surface area is 118 Å². The second-order valence-corrected chi connectivity index (χ2v) is 5.70. The van der Waals surface area contributed by atoms with E-state index in [1.165, 1.54) is 6.07 Å². The Morgan fingerprint density at radius 2 is 1.95 bits per heavy atom. The molecule has 0 heterocycles. The monoisotopic (exact) mass is 286 g/mol. The van der Waals surface area contributed by atoms with Crippen LogP contribution in [0.15, 0.2) is 18.2 Å². The van der Waals surface area contributed by atoms with Gasteiger partial charge < -0.3 is 10.2 Å². The van der Waals surface area contributed by atoms with Gasteiger partial charge in [-0.25, -0.2) is 0 Å². The number of anilines is 1. The van der Waals surface area contributed by atoms with Crippen LogP contribution in [0.4, 0.5) is 18.9 Å². The highest BCUT2D eigenvalue weighted by Gasteiger charge is 2.34. The second kappa shape index (κ2) is 5.64. The van der Waals surface area contributed by atoms with Crippen molar-refractivity contribution in [2.24, 2.45) is 0 Å². The molecule has 0 radical (unpaired) electrons. The van der Waals surface area contributed by atoms with Gasteiger partial charge in [-0.05, 0) is 44.4 Å². The third kappa shape index (κ3) is 3.66. The average Bonchev–Trinajstić information content (AvgIpc) is 3.18.